The highest BCUT2D eigenvalue weighted by molar-refractivity contribution is 5.99. The normalized spacial score (nSPS) is 10.2. The molecule has 0 aromatic carbocycles. The second-order valence-electron chi connectivity index (χ2n) is 4.19. The Morgan fingerprint density at radius 3 is 2.50 bits per heavy atom. The minimum Gasteiger partial charge on any atom is -0.383 e. The molecule has 1 aromatic rings. The molecule has 20 heavy (non-hydrogen) atoms. The van der Waals surface area contributed by atoms with Crippen LogP contribution in [-0.4, -0.2) is 55.0 Å². The van der Waals surface area contributed by atoms with E-state index in [0.29, 0.717) is 37.4 Å². The molecule has 0 fully saturated rings. The van der Waals surface area contributed by atoms with Gasteiger partial charge in [0.15, 0.2) is 0 Å². The van der Waals surface area contributed by atoms with Crippen molar-refractivity contribution in [3.05, 3.63) is 29.6 Å². The third kappa shape index (κ3) is 4.31. The summed E-state index contributed by atoms with van der Waals surface area (Å²) in [4.78, 5) is 29.7. The molecule has 0 radical (unpaired) electrons. The molecular weight excluding hydrogens is 258 g/mol. The van der Waals surface area contributed by atoms with Crippen molar-refractivity contribution in [3.8, 4) is 0 Å². The van der Waals surface area contributed by atoms with Gasteiger partial charge in [-0.1, -0.05) is 0 Å². The minimum atomic E-state index is -0.260. The van der Waals surface area contributed by atoms with E-state index in [2.05, 4.69) is 10.3 Å². The van der Waals surface area contributed by atoms with Crippen molar-refractivity contribution >= 4 is 11.8 Å². The highest BCUT2D eigenvalue weighted by Crippen LogP contribution is 2.07. The smallest absolute Gasteiger partial charge is 0.255 e. The SMILES string of the molecule is CCN(CC)C(=O)c1cncc(C(=O)NCCOC)c1. The zero-order valence-electron chi connectivity index (χ0n) is 12.2. The summed E-state index contributed by atoms with van der Waals surface area (Å²) < 4.78 is 4.86. The van der Waals surface area contributed by atoms with Gasteiger partial charge in [0.05, 0.1) is 17.7 Å². The van der Waals surface area contributed by atoms with E-state index in [1.165, 1.54) is 12.4 Å². The molecule has 0 aliphatic heterocycles. The van der Waals surface area contributed by atoms with E-state index in [1.807, 2.05) is 13.8 Å². The fourth-order valence-corrected chi connectivity index (χ4v) is 1.74. The van der Waals surface area contributed by atoms with Crippen molar-refractivity contribution < 1.29 is 14.3 Å². The lowest BCUT2D eigenvalue weighted by molar-refractivity contribution is 0.0772. The summed E-state index contributed by atoms with van der Waals surface area (Å²) in [6, 6.07) is 1.57. The maximum absolute atomic E-state index is 12.2. The molecule has 1 heterocycles. The van der Waals surface area contributed by atoms with Crippen molar-refractivity contribution in [2.45, 2.75) is 13.8 Å². The van der Waals surface area contributed by atoms with Crippen LogP contribution < -0.4 is 5.32 Å². The highest BCUT2D eigenvalue weighted by Gasteiger charge is 2.15. The number of hydrogen-bond donors (Lipinski definition) is 1. The van der Waals surface area contributed by atoms with Crippen LogP contribution in [0.5, 0.6) is 0 Å². The number of carbonyl (C=O) groups is 2. The molecule has 0 spiro atoms. The topological polar surface area (TPSA) is 71.5 Å². The van der Waals surface area contributed by atoms with E-state index >= 15 is 0 Å². The number of amides is 2. The van der Waals surface area contributed by atoms with Gasteiger partial charge < -0.3 is 15.0 Å². The van der Waals surface area contributed by atoms with Gasteiger partial charge in [0.25, 0.3) is 11.8 Å². The number of nitrogens with zero attached hydrogens (tertiary/aromatic N) is 2. The number of carbonyl (C=O) groups excluding carboxylic acids is 2. The summed E-state index contributed by atoms with van der Waals surface area (Å²) in [7, 11) is 1.57. The number of rotatable bonds is 7. The van der Waals surface area contributed by atoms with Crippen LogP contribution in [-0.2, 0) is 4.74 Å². The fourth-order valence-electron chi connectivity index (χ4n) is 1.74. The fraction of sp³-hybridized carbons (Fsp3) is 0.500. The van der Waals surface area contributed by atoms with Gasteiger partial charge in [0.2, 0.25) is 0 Å². The predicted octanol–water partition coefficient (Wildman–Crippen LogP) is 0.940. The van der Waals surface area contributed by atoms with E-state index in [9.17, 15) is 9.59 Å². The first-order chi connectivity index (χ1) is 9.63. The number of aromatic nitrogens is 1. The van der Waals surface area contributed by atoms with Gasteiger partial charge in [-0.2, -0.15) is 0 Å². The quantitative estimate of drug-likeness (QED) is 0.754. The molecule has 6 nitrogen and oxygen atoms in total. The lowest BCUT2D eigenvalue weighted by atomic mass is 10.1. The summed E-state index contributed by atoms with van der Waals surface area (Å²) in [6.45, 7) is 5.94. The molecule has 0 saturated carbocycles. The van der Waals surface area contributed by atoms with Crippen molar-refractivity contribution in [3.63, 3.8) is 0 Å². The first-order valence-corrected chi connectivity index (χ1v) is 6.65. The van der Waals surface area contributed by atoms with E-state index in [0.717, 1.165) is 0 Å². The molecule has 1 N–H and O–H groups in total. The monoisotopic (exact) mass is 279 g/mol. The maximum Gasteiger partial charge on any atom is 0.255 e. The van der Waals surface area contributed by atoms with Gasteiger partial charge in [-0.05, 0) is 19.9 Å². The maximum atomic E-state index is 12.2. The molecule has 110 valence electrons. The summed E-state index contributed by atoms with van der Waals surface area (Å²) in [5, 5.41) is 2.69. The van der Waals surface area contributed by atoms with Crippen LogP contribution in [0.4, 0.5) is 0 Å². The number of pyridine rings is 1. The Labute approximate surface area is 119 Å². The Hall–Kier alpha value is -1.95. The number of methoxy groups -OCH3 is 1. The summed E-state index contributed by atoms with van der Waals surface area (Å²) >= 11 is 0. The highest BCUT2D eigenvalue weighted by atomic mass is 16.5. The summed E-state index contributed by atoms with van der Waals surface area (Å²) in [5.74, 6) is -0.377. The van der Waals surface area contributed by atoms with Gasteiger partial charge in [0.1, 0.15) is 0 Å². The minimum absolute atomic E-state index is 0.117. The Morgan fingerprint density at radius 2 is 1.90 bits per heavy atom. The van der Waals surface area contributed by atoms with Crippen LogP contribution in [0, 0.1) is 0 Å². The molecule has 0 saturated heterocycles. The van der Waals surface area contributed by atoms with Gasteiger partial charge >= 0.3 is 0 Å². The molecular formula is C14H21N3O3. The molecule has 0 bridgehead atoms. The van der Waals surface area contributed by atoms with Gasteiger partial charge in [-0.3, -0.25) is 14.6 Å². The predicted molar refractivity (Wildman–Crippen MR) is 75.7 cm³/mol. The van der Waals surface area contributed by atoms with Crippen molar-refractivity contribution in [1.29, 1.82) is 0 Å². The standard InChI is InChI=1S/C14H21N3O3/c1-4-17(5-2)14(19)12-8-11(9-15-10-12)13(18)16-6-7-20-3/h8-10H,4-7H2,1-3H3,(H,16,18). The Bertz CT molecular complexity index is 459. The first kappa shape index (κ1) is 16.1. The van der Waals surface area contributed by atoms with Gasteiger partial charge in [-0.15, -0.1) is 0 Å². The van der Waals surface area contributed by atoms with Crippen LogP contribution in [0.15, 0.2) is 18.5 Å². The van der Waals surface area contributed by atoms with E-state index < -0.39 is 0 Å². The number of ether oxygens (including phenoxy) is 1. The van der Waals surface area contributed by atoms with Crippen molar-refractivity contribution in [2.24, 2.45) is 0 Å². The van der Waals surface area contributed by atoms with Crippen molar-refractivity contribution in [2.75, 3.05) is 33.4 Å². The third-order valence-corrected chi connectivity index (χ3v) is 2.89. The zero-order chi connectivity index (χ0) is 15.0. The van der Waals surface area contributed by atoms with Gasteiger partial charge in [-0.25, -0.2) is 0 Å². The number of hydrogen-bond acceptors (Lipinski definition) is 4. The van der Waals surface area contributed by atoms with E-state index in [1.54, 1.807) is 18.1 Å². The van der Waals surface area contributed by atoms with Crippen molar-refractivity contribution in [1.82, 2.24) is 15.2 Å². The molecule has 1 aromatic heterocycles. The lowest BCUT2D eigenvalue weighted by Gasteiger charge is -2.18. The Balaban J connectivity index is 2.79. The first-order valence-electron chi connectivity index (χ1n) is 6.65. The van der Waals surface area contributed by atoms with Crippen LogP contribution >= 0.6 is 0 Å². The zero-order valence-corrected chi connectivity index (χ0v) is 12.2. The number of nitrogens with one attached hydrogen (secondary N) is 1. The average Bonchev–Trinajstić information content (AvgIpc) is 2.48. The van der Waals surface area contributed by atoms with E-state index in [4.69, 9.17) is 4.74 Å². The van der Waals surface area contributed by atoms with Crippen LogP contribution in [0.1, 0.15) is 34.6 Å². The molecule has 0 aliphatic rings. The Morgan fingerprint density at radius 1 is 1.25 bits per heavy atom. The molecule has 0 atom stereocenters. The molecule has 1 rings (SSSR count). The van der Waals surface area contributed by atoms with Crippen LogP contribution in [0.25, 0.3) is 0 Å². The molecule has 6 heteroatoms. The molecule has 2 amide bonds. The van der Waals surface area contributed by atoms with Crippen LogP contribution in [0.3, 0.4) is 0 Å². The average molecular weight is 279 g/mol. The third-order valence-electron chi connectivity index (χ3n) is 2.89. The summed E-state index contributed by atoms with van der Waals surface area (Å²) in [6.07, 6.45) is 2.92. The second kappa shape index (κ2) is 8.27. The van der Waals surface area contributed by atoms with Gasteiger partial charge in [0, 0.05) is 39.1 Å². The second-order valence-corrected chi connectivity index (χ2v) is 4.19. The molecule has 0 unspecified atom stereocenters. The van der Waals surface area contributed by atoms with Crippen LogP contribution in [0.2, 0.25) is 0 Å². The Kier molecular flexibility index (Phi) is 6.66. The largest absolute Gasteiger partial charge is 0.383 e. The lowest BCUT2D eigenvalue weighted by Crippen LogP contribution is -2.31. The van der Waals surface area contributed by atoms with E-state index in [-0.39, 0.29) is 11.8 Å². The summed E-state index contributed by atoms with van der Waals surface area (Å²) in [5.41, 5.74) is 0.798. The molecule has 0 aliphatic carbocycles.